The summed E-state index contributed by atoms with van der Waals surface area (Å²) < 4.78 is 13.4. The first kappa shape index (κ1) is 22.7. The number of rotatable bonds is 5. The highest BCUT2D eigenvalue weighted by Gasteiger charge is 2.40. The van der Waals surface area contributed by atoms with Crippen LogP contribution in [-0.4, -0.2) is 15.1 Å². The lowest BCUT2D eigenvalue weighted by atomic mass is 10.3. The fourth-order valence-electron chi connectivity index (χ4n) is 2.90. The SMILES string of the molecule is CC(C)(C)P(=Nc1ccccc1[N+](=O)[O-])(Oc1ccc(Br)cc1Br)c1ccncc1. The number of nitro groups is 1. The molecule has 0 aliphatic heterocycles. The molecule has 3 aromatic rings. The lowest BCUT2D eigenvalue weighted by molar-refractivity contribution is -0.384. The summed E-state index contributed by atoms with van der Waals surface area (Å²) in [7, 11) is -2.85. The van der Waals surface area contributed by atoms with E-state index in [1.807, 2.05) is 51.1 Å². The van der Waals surface area contributed by atoms with Crippen molar-refractivity contribution < 1.29 is 9.45 Å². The molecular formula is C21H20Br2N3O3P. The number of pyridine rings is 1. The fraction of sp³-hybridized carbons (Fsp3) is 0.190. The molecule has 0 spiro atoms. The Bertz CT molecular complexity index is 1130. The van der Waals surface area contributed by atoms with Crippen molar-refractivity contribution in [1.29, 1.82) is 0 Å². The Labute approximate surface area is 192 Å². The smallest absolute Gasteiger partial charge is 0.294 e. The van der Waals surface area contributed by atoms with Crippen LogP contribution in [0.2, 0.25) is 0 Å². The Morgan fingerprint density at radius 1 is 1.07 bits per heavy atom. The molecule has 1 aromatic heterocycles. The Morgan fingerprint density at radius 2 is 1.73 bits per heavy atom. The van der Waals surface area contributed by atoms with Crippen molar-refractivity contribution in [3.63, 3.8) is 0 Å². The van der Waals surface area contributed by atoms with Gasteiger partial charge in [-0.3, -0.25) is 15.1 Å². The predicted molar refractivity (Wildman–Crippen MR) is 128 cm³/mol. The summed E-state index contributed by atoms with van der Waals surface area (Å²) in [6.07, 6.45) is 3.37. The van der Waals surface area contributed by atoms with Crippen LogP contribution in [0.15, 0.2) is 80.7 Å². The van der Waals surface area contributed by atoms with Crippen molar-refractivity contribution in [3.05, 3.63) is 86.1 Å². The van der Waals surface area contributed by atoms with E-state index >= 15 is 0 Å². The molecule has 156 valence electrons. The average molecular weight is 553 g/mol. The molecule has 1 heterocycles. The summed E-state index contributed by atoms with van der Waals surface area (Å²) in [4.78, 5) is 15.3. The third kappa shape index (κ3) is 4.66. The van der Waals surface area contributed by atoms with Crippen molar-refractivity contribution in [1.82, 2.24) is 4.98 Å². The van der Waals surface area contributed by atoms with Crippen molar-refractivity contribution in [2.45, 2.75) is 25.9 Å². The van der Waals surface area contributed by atoms with Gasteiger partial charge in [-0.25, -0.2) is 4.74 Å². The van der Waals surface area contributed by atoms with Crippen molar-refractivity contribution in [2.75, 3.05) is 0 Å². The molecule has 30 heavy (non-hydrogen) atoms. The number of nitro benzene ring substituents is 1. The number of aromatic nitrogens is 1. The zero-order valence-corrected chi connectivity index (χ0v) is 20.7. The molecule has 0 aliphatic rings. The quantitative estimate of drug-likeness (QED) is 0.187. The van der Waals surface area contributed by atoms with Gasteiger partial charge in [0.2, 0.25) is 0 Å². The van der Waals surface area contributed by atoms with Gasteiger partial charge in [0.1, 0.15) is 11.4 Å². The number of hydrogen-bond donors (Lipinski definition) is 0. The molecule has 0 N–H and O–H groups in total. The maximum atomic E-state index is 11.6. The van der Waals surface area contributed by atoms with Crippen LogP contribution in [0.25, 0.3) is 0 Å². The molecule has 1 atom stereocenters. The summed E-state index contributed by atoms with van der Waals surface area (Å²) >= 11 is 7.02. The molecule has 0 saturated heterocycles. The zero-order valence-electron chi connectivity index (χ0n) is 16.6. The molecule has 6 nitrogen and oxygen atoms in total. The second-order valence-corrected chi connectivity index (χ2v) is 12.6. The molecule has 0 amide bonds. The first-order valence-corrected chi connectivity index (χ1v) is 12.3. The van der Waals surface area contributed by atoms with Crippen molar-refractivity contribution in [2.24, 2.45) is 4.74 Å². The van der Waals surface area contributed by atoms with Gasteiger partial charge in [-0.05, 0) is 52.3 Å². The molecule has 0 fully saturated rings. The van der Waals surface area contributed by atoms with Gasteiger partial charge >= 0.3 is 0 Å². The Balaban J connectivity index is 2.37. The lowest BCUT2D eigenvalue weighted by Crippen LogP contribution is -2.27. The average Bonchev–Trinajstić information content (AvgIpc) is 2.69. The van der Waals surface area contributed by atoms with Crippen LogP contribution >= 0.6 is 39.1 Å². The lowest BCUT2D eigenvalue weighted by Gasteiger charge is -2.37. The second kappa shape index (κ2) is 9.00. The summed E-state index contributed by atoms with van der Waals surface area (Å²) in [6.45, 7) is 6.10. The van der Waals surface area contributed by atoms with Crippen LogP contribution in [-0.2, 0) is 0 Å². The maximum Gasteiger partial charge on any atom is 0.294 e. The van der Waals surface area contributed by atoms with E-state index in [1.54, 1.807) is 30.6 Å². The molecule has 0 radical (unpaired) electrons. The van der Waals surface area contributed by atoms with E-state index in [-0.39, 0.29) is 11.4 Å². The van der Waals surface area contributed by atoms with Crippen molar-refractivity contribution in [3.8, 4) is 5.75 Å². The van der Waals surface area contributed by atoms with E-state index in [2.05, 4.69) is 36.8 Å². The number of nitrogens with zero attached hydrogens (tertiary/aromatic N) is 3. The molecule has 0 aliphatic carbocycles. The normalized spacial score (nSPS) is 13.4. The molecular weight excluding hydrogens is 533 g/mol. The fourth-order valence-corrected chi connectivity index (χ4v) is 7.21. The maximum absolute atomic E-state index is 11.6. The molecule has 3 rings (SSSR count). The van der Waals surface area contributed by atoms with E-state index in [1.165, 1.54) is 6.07 Å². The summed E-state index contributed by atoms with van der Waals surface area (Å²) in [5.74, 6) is 0.612. The van der Waals surface area contributed by atoms with Gasteiger partial charge in [-0.2, -0.15) is 0 Å². The third-order valence-electron chi connectivity index (χ3n) is 4.37. The minimum Gasteiger partial charge on any atom is -0.454 e. The predicted octanol–water partition coefficient (Wildman–Crippen LogP) is 7.47. The van der Waals surface area contributed by atoms with Crippen LogP contribution < -0.4 is 9.83 Å². The Hall–Kier alpha value is -2.02. The van der Waals surface area contributed by atoms with Crippen molar-refractivity contribution >= 4 is 55.8 Å². The van der Waals surface area contributed by atoms with Gasteiger partial charge in [0.05, 0.1) is 9.40 Å². The van der Waals surface area contributed by atoms with Gasteiger partial charge in [0, 0.05) is 33.4 Å². The Morgan fingerprint density at radius 3 is 2.33 bits per heavy atom. The number of hydrogen-bond acceptors (Lipinski definition) is 5. The van der Waals surface area contributed by atoms with Crippen LogP contribution in [0, 0.1) is 10.1 Å². The first-order chi connectivity index (χ1) is 14.1. The molecule has 1 unspecified atom stereocenters. The van der Waals surface area contributed by atoms with Crippen LogP contribution in [0.4, 0.5) is 11.4 Å². The summed E-state index contributed by atoms with van der Waals surface area (Å²) in [6, 6.07) is 15.8. The monoisotopic (exact) mass is 551 g/mol. The second-order valence-electron chi connectivity index (χ2n) is 7.46. The van der Waals surface area contributed by atoms with E-state index < -0.39 is 17.4 Å². The molecule has 9 heteroatoms. The highest BCUT2D eigenvalue weighted by atomic mass is 79.9. The van der Waals surface area contributed by atoms with Gasteiger partial charge in [0.15, 0.2) is 7.28 Å². The molecule has 0 saturated carbocycles. The third-order valence-corrected chi connectivity index (χ3v) is 9.26. The summed E-state index contributed by atoms with van der Waals surface area (Å²) in [5.41, 5.74) is 0.231. The molecule has 2 aromatic carbocycles. The summed E-state index contributed by atoms with van der Waals surface area (Å²) in [5, 5.41) is 12.0. The largest absolute Gasteiger partial charge is 0.454 e. The Kier molecular flexibility index (Phi) is 6.80. The minimum absolute atomic E-state index is 0.0568. The van der Waals surface area contributed by atoms with Gasteiger partial charge < -0.3 is 4.52 Å². The van der Waals surface area contributed by atoms with Gasteiger partial charge in [-0.15, -0.1) is 0 Å². The van der Waals surface area contributed by atoms with Gasteiger partial charge in [-0.1, -0.05) is 48.8 Å². The van der Waals surface area contributed by atoms with E-state index in [0.717, 1.165) is 14.2 Å². The van der Waals surface area contributed by atoms with E-state index in [4.69, 9.17) is 9.27 Å². The highest BCUT2D eigenvalue weighted by Crippen LogP contribution is 2.63. The standard InChI is InChI=1S/C21H20Br2N3O3P/c1-21(2,3)30(16-10-12-24-13-11-16,29-20-9-8-15(22)14-17(20)23)25-18-6-4-5-7-19(18)26(27)28/h4-14H,1-3H3. The van der Waals surface area contributed by atoms with E-state index in [0.29, 0.717) is 5.75 Å². The van der Waals surface area contributed by atoms with Crippen LogP contribution in [0.3, 0.4) is 0 Å². The molecule has 0 bridgehead atoms. The van der Waals surface area contributed by atoms with Gasteiger partial charge in [0.25, 0.3) is 5.69 Å². The number of para-hydroxylation sites is 1. The minimum atomic E-state index is -2.85. The van der Waals surface area contributed by atoms with E-state index in [9.17, 15) is 10.1 Å². The number of benzene rings is 2. The topological polar surface area (TPSA) is 77.6 Å². The van der Waals surface area contributed by atoms with Crippen LogP contribution in [0.1, 0.15) is 20.8 Å². The first-order valence-electron chi connectivity index (χ1n) is 9.05. The number of halogens is 2. The highest BCUT2D eigenvalue weighted by molar-refractivity contribution is 9.11. The zero-order chi connectivity index (χ0) is 21.9. The van der Waals surface area contributed by atoms with Crippen LogP contribution in [0.5, 0.6) is 5.75 Å².